The van der Waals surface area contributed by atoms with Crippen LogP contribution in [-0.2, 0) is 21.2 Å². The maximum Gasteiger partial charge on any atom is 0.251 e. The van der Waals surface area contributed by atoms with Crippen LogP contribution in [0.1, 0.15) is 22.8 Å². The second-order valence-electron chi connectivity index (χ2n) is 7.03. The maximum atomic E-state index is 13.6. The zero-order valence-corrected chi connectivity index (χ0v) is 17.5. The average molecular weight is 434 g/mol. The fraction of sp³-hybridized carbons (Fsp3) is 0.333. The molecule has 1 aliphatic heterocycles. The van der Waals surface area contributed by atoms with Gasteiger partial charge in [0.1, 0.15) is 5.82 Å². The number of sulfonamides is 1. The number of hydrogen-bond donors (Lipinski definition) is 1. The number of piperazine rings is 1. The van der Waals surface area contributed by atoms with E-state index in [2.05, 4.69) is 5.32 Å². The lowest BCUT2D eigenvalue weighted by atomic mass is 10.1. The van der Waals surface area contributed by atoms with Crippen LogP contribution in [0.2, 0.25) is 0 Å². The van der Waals surface area contributed by atoms with Gasteiger partial charge in [0, 0.05) is 45.2 Å². The Labute approximate surface area is 175 Å². The average Bonchev–Trinajstić information content (AvgIpc) is 2.75. The van der Waals surface area contributed by atoms with E-state index in [4.69, 9.17) is 0 Å². The van der Waals surface area contributed by atoms with Gasteiger partial charge < -0.3 is 10.2 Å². The lowest BCUT2D eigenvalue weighted by Gasteiger charge is -2.33. The Kier molecular flexibility index (Phi) is 6.84. The number of hydrogen-bond acceptors (Lipinski definition) is 4. The summed E-state index contributed by atoms with van der Waals surface area (Å²) in [5, 5.41) is 2.71. The second kappa shape index (κ2) is 9.36. The first-order valence-corrected chi connectivity index (χ1v) is 11.1. The van der Waals surface area contributed by atoms with Crippen molar-refractivity contribution in [2.24, 2.45) is 0 Å². The quantitative estimate of drug-likeness (QED) is 0.751. The Balaban J connectivity index is 1.58. The molecule has 1 saturated heterocycles. The molecule has 2 amide bonds. The molecule has 0 spiro atoms. The normalized spacial score (nSPS) is 15.1. The molecule has 3 rings (SSSR count). The summed E-state index contributed by atoms with van der Waals surface area (Å²) in [4.78, 5) is 25.4. The highest BCUT2D eigenvalue weighted by Crippen LogP contribution is 2.18. The van der Waals surface area contributed by atoms with Gasteiger partial charge >= 0.3 is 0 Å². The minimum Gasteiger partial charge on any atom is -0.352 e. The molecule has 0 aliphatic carbocycles. The smallest absolute Gasteiger partial charge is 0.251 e. The van der Waals surface area contributed by atoms with Gasteiger partial charge in [-0.1, -0.05) is 18.2 Å². The summed E-state index contributed by atoms with van der Waals surface area (Å²) in [7, 11) is -3.69. The molecule has 0 atom stereocenters. The third kappa shape index (κ3) is 5.03. The van der Waals surface area contributed by atoms with Crippen LogP contribution in [0.3, 0.4) is 0 Å². The zero-order valence-electron chi connectivity index (χ0n) is 16.7. The SMILES string of the molecule is CC(=O)N1CCN(S(=O)(=O)c2ccc(C(=O)NCCc3ccccc3F)cc2)CC1. The number of carbonyl (C=O) groups excluding carboxylic acids is 2. The van der Waals surface area contributed by atoms with Crippen molar-refractivity contribution in [2.75, 3.05) is 32.7 Å². The largest absolute Gasteiger partial charge is 0.352 e. The van der Waals surface area contributed by atoms with Gasteiger partial charge in [0.25, 0.3) is 5.91 Å². The first-order chi connectivity index (χ1) is 14.3. The van der Waals surface area contributed by atoms with Gasteiger partial charge in [-0.05, 0) is 42.3 Å². The Bertz CT molecular complexity index is 1020. The van der Waals surface area contributed by atoms with Gasteiger partial charge in [-0.25, -0.2) is 12.8 Å². The van der Waals surface area contributed by atoms with Gasteiger partial charge in [-0.2, -0.15) is 4.31 Å². The monoisotopic (exact) mass is 433 g/mol. The number of nitrogens with one attached hydrogen (secondary N) is 1. The molecule has 160 valence electrons. The van der Waals surface area contributed by atoms with Crippen LogP contribution in [-0.4, -0.2) is 62.2 Å². The summed E-state index contributed by atoms with van der Waals surface area (Å²) in [6, 6.07) is 12.1. The van der Waals surface area contributed by atoms with E-state index >= 15 is 0 Å². The minimum atomic E-state index is -3.69. The first kappa shape index (κ1) is 21.9. The van der Waals surface area contributed by atoms with Crippen molar-refractivity contribution in [3.63, 3.8) is 0 Å². The van der Waals surface area contributed by atoms with Crippen molar-refractivity contribution in [3.8, 4) is 0 Å². The van der Waals surface area contributed by atoms with E-state index in [0.29, 0.717) is 30.6 Å². The van der Waals surface area contributed by atoms with E-state index in [1.54, 1.807) is 23.1 Å². The van der Waals surface area contributed by atoms with E-state index in [-0.39, 0.29) is 42.2 Å². The molecule has 0 unspecified atom stereocenters. The van der Waals surface area contributed by atoms with E-state index in [1.807, 2.05) is 0 Å². The van der Waals surface area contributed by atoms with Gasteiger partial charge in [0.05, 0.1) is 4.90 Å². The fourth-order valence-corrected chi connectivity index (χ4v) is 4.71. The highest BCUT2D eigenvalue weighted by molar-refractivity contribution is 7.89. The number of amides is 2. The topological polar surface area (TPSA) is 86.8 Å². The minimum absolute atomic E-state index is 0.0718. The summed E-state index contributed by atoms with van der Waals surface area (Å²) in [6.45, 7) is 2.92. The standard InChI is InChI=1S/C21H24FN3O4S/c1-16(26)24-12-14-25(15-13-24)30(28,29)19-8-6-18(7-9-19)21(27)23-11-10-17-4-2-3-5-20(17)22/h2-9H,10-15H2,1H3,(H,23,27). The Morgan fingerprint density at radius 1 is 1.00 bits per heavy atom. The van der Waals surface area contributed by atoms with Crippen LogP contribution in [0, 0.1) is 5.82 Å². The van der Waals surface area contributed by atoms with Crippen LogP contribution in [0.25, 0.3) is 0 Å². The van der Waals surface area contributed by atoms with Gasteiger partial charge in [0.2, 0.25) is 15.9 Å². The second-order valence-corrected chi connectivity index (χ2v) is 8.97. The van der Waals surface area contributed by atoms with Crippen molar-refractivity contribution in [2.45, 2.75) is 18.2 Å². The van der Waals surface area contributed by atoms with Crippen LogP contribution in [0.15, 0.2) is 53.4 Å². The zero-order chi connectivity index (χ0) is 21.7. The Morgan fingerprint density at radius 3 is 2.23 bits per heavy atom. The molecule has 7 nitrogen and oxygen atoms in total. The summed E-state index contributed by atoms with van der Waals surface area (Å²) >= 11 is 0. The maximum absolute atomic E-state index is 13.6. The van der Waals surface area contributed by atoms with Crippen molar-refractivity contribution in [1.29, 1.82) is 0 Å². The van der Waals surface area contributed by atoms with Gasteiger partial charge in [-0.3, -0.25) is 9.59 Å². The fourth-order valence-electron chi connectivity index (χ4n) is 3.28. The van der Waals surface area contributed by atoms with Crippen LogP contribution in [0.4, 0.5) is 4.39 Å². The third-order valence-electron chi connectivity index (χ3n) is 5.08. The van der Waals surface area contributed by atoms with E-state index in [9.17, 15) is 22.4 Å². The first-order valence-electron chi connectivity index (χ1n) is 9.66. The molecule has 1 heterocycles. The summed E-state index contributed by atoms with van der Waals surface area (Å²) < 4.78 is 40.5. The molecular formula is C21H24FN3O4S. The highest BCUT2D eigenvalue weighted by atomic mass is 32.2. The molecular weight excluding hydrogens is 409 g/mol. The molecule has 0 saturated carbocycles. The number of rotatable bonds is 6. The number of nitrogens with zero attached hydrogens (tertiary/aromatic N) is 2. The molecule has 2 aromatic rings. The summed E-state index contributed by atoms with van der Waals surface area (Å²) in [5.74, 6) is -0.742. The summed E-state index contributed by atoms with van der Waals surface area (Å²) in [5.41, 5.74) is 0.841. The molecule has 0 aromatic heterocycles. The van der Waals surface area contributed by atoms with Crippen LogP contribution < -0.4 is 5.32 Å². The van der Waals surface area contributed by atoms with Crippen molar-refractivity contribution >= 4 is 21.8 Å². The van der Waals surface area contributed by atoms with E-state index in [0.717, 1.165) is 0 Å². The molecule has 2 aromatic carbocycles. The lowest BCUT2D eigenvalue weighted by Crippen LogP contribution is -2.49. The highest BCUT2D eigenvalue weighted by Gasteiger charge is 2.29. The predicted octanol–water partition coefficient (Wildman–Crippen LogP) is 1.65. The number of halogens is 1. The molecule has 1 fully saturated rings. The van der Waals surface area contributed by atoms with Crippen LogP contribution in [0.5, 0.6) is 0 Å². The lowest BCUT2D eigenvalue weighted by molar-refractivity contribution is -0.129. The summed E-state index contributed by atoms with van der Waals surface area (Å²) in [6.07, 6.45) is 0.358. The number of benzene rings is 2. The van der Waals surface area contributed by atoms with Crippen molar-refractivity contribution in [1.82, 2.24) is 14.5 Å². The predicted molar refractivity (Wildman–Crippen MR) is 110 cm³/mol. The molecule has 0 bridgehead atoms. The van der Waals surface area contributed by atoms with Crippen LogP contribution >= 0.6 is 0 Å². The van der Waals surface area contributed by atoms with E-state index in [1.165, 1.54) is 41.6 Å². The Hall–Kier alpha value is -2.78. The van der Waals surface area contributed by atoms with Crippen molar-refractivity contribution < 1.29 is 22.4 Å². The number of carbonyl (C=O) groups is 2. The van der Waals surface area contributed by atoms with Gasteiger partial charge in [-0.15, -0.1) is 0 Å². The van der Waals surface area contributed by atoms with Crippen molar-refractivity contribution in [3.05, 3.63) is 65.5 Å². The molecule has 30 heavy (non-hydrogen) atoms. The Morgan fingerprint density at radius 2 is 1.63 bits per heavy atom. The molecule has 1 N–H and O–H groups in total. The van der Waals surface area contributed by atoms with E-state index < -0.39 is 10.0 Å². The third-order valence-corrected chi connectivity index (χ3v) is 6.99. The molecule has 0 radical (unpaired) electrons. The van der Waals surface area contributed by atoms with Gasteiger partial charge in [0.15, 0.2) is 0 Å². The molecule has 1 aliphatic rings. The molecule has 9 heteroatoms.